The maximum Gasteiger partial charge on any atom is 0.359 e. The van der Waals surface area contributed by atoms with Crippen LogP contribution in [0.15, 0.2) is 42.5 Å². The molecule has 3 rings (SSSR count). The number of nitrogens with zero attached hydrogens (tertiary/aromatic N) is 1. The summed E-state index contributed by atoms with van der Waals surface area (Å²) in [5.74, 6) is -0.434. The topological polar surface area (TPSA) is 55.0 Å². The number of aromatic nitrogens is 2. The molecule has 4 heteroatoms. The molecule has 1 heterocycles. The lowest BCUT2D eigenvalue weighted by molar-refractivity contribution is 0.0596. The Morgan fingerprint density at radius 2 is 1.70 bits per heavy atom. The van der Waals surface area contributed by atoms with Crippen LogP contribution in [0.1, 0.15) is 36.8 Å². The molecule has 0 aliphatic heterocycles. The van der Waals surface area contributed by atoms with E-state index in [2.05, 4.69) is 55.2 Å². The molecule has 23 heavy (non-hydrogen) atoms. The number of hydrogen-bond acceptors (Lipinski definition) is 3. The Morgan fingerprint density at radius 1 is 1.04 bits per heavy atom. The minimum atomic E-state index is -0.434. The van der Waals surface area contributed by atoms with Crippen LogP contribution in [0.25, 0.3) is 22.0 Å². The normalized spacial score (nSPS) is 11.7. The highest BCUT2D eigenvalue weighted by Crippen LogP contribution is 2.28. The summed E-state index contributed by atoms with van der Waals surface area (Å²) in [7, 11) is 1.36. The van der Waals surface area contributed by atoms with E-state index in [0.717, 1.165) is 22.0 Å². The van der Waals surface area contributed by atoms with Gasteiger partial charge in [0.2, 0.25) is 0 Å². The Balaban J connectivity index is 2.04. The second-order valence-corrected chi connectivity index (χ2v) is 6.65. The number of carbonyl (C=O) groups excluding carboxylic acids is 1. The first-order valence-electron chi connectivity index (χ1n) is 7.57. The smallest absolute Gasteiger partial charge is 0.359 e. The van der Waals surface area contributed by atoms with Gasteiger partial charge in [0.05, 0.1) is 12.6 Å². The molecule has 1 aromatic heterocycles. The monoisotopic (exact) mass is 308 g/mol. The molecule has 118 valence electrons. The van der Waals surface area contributed by atoms with Gasteiger partial charge in [0, 0.05) is 5.39 Å². The first-order chi connectivity index (χ1) is 10.9. The summed E-state index contributed by atoms with van der Waals surface area (Å²) in [6, 6.07) is 14.4. The summed E-state index contributed by atoms with van der Waals surface area (Å²) in [5.41, 5.74) is 4.71. The number of hydrogen-bond donors (Lipinski definition) is 1. The molecule has 0 bridgehead atoms. The fraction of sp³-hybridized carbons (Fsp3) is 0.263. The Hall–Kier alpha value is -2.62. The van der Waals surface area contributed by atoms with Crippen LogP contribution < -0.4 is 0 Å². The number of fused-ring (bicyclic) bond motifs is 1. The van der Waals surface area contributed by atoms with Gasteiger partial charge < -0.3 is 4.74 Å². The molecule has 0 fully saturated rings. The molecular formula is C19H20N2O2. The Bertz CT molecular complexity index is 855. The fourth-order valence-corrected chi connectivity index (χ4v) is 2.61. The van der Waals surface area contributed by atoms with E-state index in [1.807, 2.05) is 18.2 Å². The van der Waals surface area contributed by atoms with Crippen molar-refractivity contribution in [3.63, 3.8) is 0 Å². The third-order valence-corrected chi connectivity index (χ3v) is 4.03. The van der Waals surface area contributed by atoms with Gasteiger partial charge in [-0.2, -0.15) is 5.10 Å². The zero-order valence-corrected chi connectivity index (χ0v) is 13.8. The van der Waals surface area contributed by atoms with Crippen molar-refractivity contribution < 1.29 is 9.53 Å². The lowest BCUT2D eigenvalue weighted by Gasteiger charge is -2.19. The molecule has 2 aromatic carbocycles. The molecule has 0 saturated carbocycles. The highest BCUT2D eigenvalue weighted by molar-refractivity contribution is 6.03. The predicted molar refractivity (Wildman–Crippen MR) is 91.6 cm³/mol. The van der Waals surface area contributed by atoms with Gasteiger partial charge in [0.15, 0.2) is 5.69 Å². The number of methoxy groups -OCH3 is 1. The third kappa shape index (κ3) is 2.84. The molecule has 0 amide bonds. The molecule has 4 nitrogen and oxygen atoms in total. The van der Waals surface area contributed by atoms with Crippen LogP contribution in [0.4, 0.5) is 0 Å². The Morgan fingerprint density at radius 3 is 2.30 bits per heavy atom. The summed E-state index contributed by atoms with van der Waals surface area (Å²) in [6.07, 6.45) is 0. The summed E-state index contributed by atoms with van der Waals surface area (Å²) in [6.45, 7) is 6.59. The van der Waals surface area contributed by atoms with Gasteiger partial charge in [-0.15, -0.1) is 0 Å². The Kier molecular flexibility index (Phi) is 3.68. The van der Waals surface area contributed by atoms with Crippen molar-refractivity contribution in [2.45, 2.75) is 26.2 Å². The van der Waals surface area contributed by atoms with Crippen LogP contribution in [0.3, 0.4) is 0 Å². The maximum atomic E-state index is 11.8. The van der Waals surface area contributed by atoms with Gasteiger partial charge in [-0.3, -0.25) is 5.10 Å². The summed E-state index contributed by atoms with van der Waals surface area (Å²) in [5, 5.41) is 7.68. The van der Waals surface area contributed by atoms with Crippen LogP contribution >= 0.6 is 0 Å². The molecule has 0 radical (unpaired) electrons. The van der Waals surface area contributed by atoms with Crippen LogP contribution in [0.5, 0.6) is 0 Å². The van der Waals surface area contributed by atoms with Crippen LogP contribution in [0.2, 0.25) is 0 Å². The van der Waals surface area contributed by atoms with Crippen molar-refractivity contribution >= 4 is 16.9 Å². The number of carbonyl (C=O) groups is 1. The van der Waals surface area contributed by atoms with Gasteiger partial charge in [0.1, 0.15) is 0 Å². The lowest BCUT2D eigenvalue weighted by atomic mass is 9.86. The second-order valence-electron chi connectivity index (χ2n) is 6.65. The van der Waals surface area contributed by atoms with Crippen molar-refractivity contribution in [3.05, 3.63) is 53.7 Å². The van der Waals surface area contributed by atoms with Crippen molar-refractivity contribution in [1.29, 1.82) is 0 Å². The van der Waals surface area contributed by atoms with Crippen LogP contribution in [-0.4, -0.2) is 23.3 Å². The summed E-state index contributed by atoms with van der Waals surface area (Å²) >= 11 is 0. The van der Waals surface area contributed by atoms with E-state index in [0.29, 0.717) is 5.69 Å². The summed E-state index contributed by atoms with van der Waals surface area (Å²) < 4.78 is 4.78. The first-order valence-corrected chi connectivity index (χ1v) is 7.57. The average Bonchev–Trinajstić information content (AvgIpc) is 2.96. The quantitative estimate of drug-likeness (QED) is 0.718. The van der Waals surface area contributed by atoms with E-state index < -0.39 is 5.97 Å². The van der Waals surface area contributed by atoms with Crippen molar-refractivity contribution in [2.24, 2.45) is 0 Å². The van der Waals surface area contributed by atoms with Gasteiger partial charge in [-0.1, -0.05) is 51.1 Å². The number of nitrogens with one attached hydrogen (secondary N) is 1. The fourth-order valence-electron chi connectivity index (χ4n) is 2.61. The van der Waals surface area contributed by atoms with E-state index in [1.54, 1.807) is 0 Å². The molecule has 0 saturated heterocycles. The number of aromatic amines is 1. The molecule has 0 aliphatic carbocycles. The molecule has 0 atom stereocenters. The van der Waals surface area contributed by atoms with Crippen LogP contribution in [0, 0.1) is 0 Å². The number of esters is 1. The minimum absolute atomic E-state index is 0.130. The summed E-state index contributed by atoms with van der Waals surface area (Å²) in [4.78, 5) is 11.8. The van der Waals surface area contributed by atoms with Crippen molar-refractivity contribution in [3.8, 4) is 11.1 Å². The third-order valence-electron chi connectivity index (χ3n) is 4.03. The number of benzene rings is 2. The molecule has 0 aliphatic rings. The number of rotatable bonds is 2. The molecule has 1 N–H and O–H groups in total. The largest absolute Gasteiger partial charge is 0.464 e. The zero-order valence-electron chi connectivity index (χ0n) is 13.8. The highest BCUT2D eigenvalue weighted by atomic mass is 16.5. The van der Waals surface area contributed by atoms with Crippen LogP contribution in [-0.2, 0) is 10.2 Å². The predicted octanol–water partition coefficient (Wildman–Crippen LogP) is 4.31. The van der Waals surface area contributed by atoms with E-state index in [4.69, 9.17) is 4.74 Å². The average molecular weight is 308 g/mol. The van der Waals surface area contributed by atoms with Gasteiger partial charge in [-0.25, -0.2) is 4.79 Å². The zero-order chi connectivity index (χ0) is 16.6. The molecular weight excluding hydrogens is 288 g/mol. The van der Waals surface area contributed by atoms with Crippen molar-refractivity contribution in [2.75, 3.05) is 7.11 Å². The van der Waals surface area contributed by atoms with E-state index >= 15 is 0 Å². The van der Waals surface area contributed by atoms with E-state index in [1.165, 1.54) is 12.7 Å². The molecule has 0 unspecified atom stereocenters. The second kappa shape index (κ2) is 5.54. The van der Waals surface area contributed by atoms with E-state index in [9.17, 15) is 4.79 Å². The number of ether oxygens (including phenoxy) is 1. The highest BCUT2D eigenvalue weighted by Gasteiger charge is 2.16. The maximum absolute atomic E-state index is 11.8. The SMILES string of the molecule is COC(=O)c1n[nH]c2ccc(-c3ccc(C(C)(C)C)cc3)cc12. The standard InChI is InChI=1S/C19H20N2O2/c1-19(2,3)14-8-5-12(6-9-14)13-7-10-16-15(11-13)17(21-20-16)18(22)23-4/h5-11H,1-4H3,(H,20,21). The molecule has 0 spiro atoms. The van der Waals surface area contributed by atoms with E-state index in [-0.39, 0.29) is 5.41 Å². The lowest BCUT2D eigenvalue weighted by Crippen LogP contribution is -2.10. The van der Waals surface area contributed by atoms with Gasteiger partial charge >= 0.3 is 5.97 Å². The Labute approximate surface area is 135 Å². The molecule has 3 aromatic rings. The minimum Gasteiger partial charge on any atom is -0.464 e. The van der Waals surface area contributed by atoms with Gasteiger partial charge in [0.25, 0.3) is 0 Å². The number of H-pyrrole nitrogens is 1. The van der Waals surface area contributed by atoms with Gasteiger partial charge in [-0.05, 0) is 34.2 Å². The van der Waals surface area contributed by atoms with Crippen molar-refractivity contribution in [1.82, 2.24) is 10.2 Å². The first kappa shape index (κ1) is 15.3.